The van der Waals surface area contributed by atoms with Crippen LogP contribution in [0.3, 0.4) is 0 Å². The number of hydrogen-bond donors (Lipinski definition) is 4. The molecular weight excluding hydrogens is 294 g/mol. The first-order valence-corrected chi connectivity index (χ1v) is 7.54. The highest BCUT2D eigenvalue weighted by Crippen LogP contribution is 2.19. The van der Waals surface area contributed by atoms with E-state index in [2.05, 4.69) is 16.0 Å². The van der Waals surface area contributed by atoms with Crippen LogP contribution in [-0.4, -0.2) is 35.6 Å². The number of amides is 3. The van der Waals surface area contributed by atoms with Gasteiger partial charge in [0, 0.05) is 23.9 Å². The summed E-state index contributed by atoms with van der Waals surface area (Å²) in [6.07, 6.45) is 2.21. The van der Waals surface area contributed by atoms with Gasteiger partial charge in [-0.3, -0.25) is 4.79 Å². The fraction of sp³-hybridized carbons (Fsp3) is 0.462. The van der Waals surface area contributed by atoms with Gasteiger partial charge in [0.1, 0.15) is 0 Å². The van der Waals surface area contributed by atoms with Crippen molar-refractivity contribution in [2.75, 3.05) is 6.54 Å². The summed E-state index contributed by atoms with van der Waals surface area (Å²) in [6.45, 7) is 0.168. The highest BCUT2D eigenvalue weighted by atomic mass is 32.1. The lowest BCUT2D eigenvalue weighted by Crippen LogP contribution is -2.42. The fourth-order valence-electron chi connectivity index (χ4n) is 1.71. The summed E-state index contributed by atoms with van der Waals surface area (Å²) in [7, 11) is 0. The molecular formula is C13H17N3O4S. The lowest BCUT2D eigenvalue weighted by molar-refractivity contribution is -0.139. The van der Waals surface area contributed by atoms with Crippen molar-refractivity contribution in [2.45, 2.75) is 31.3 Å². The van der Waals surface area contributed by atoms with Crippen molar-refractivity contribution in [3.63, 3.8) is 0 Å². The lowest BCUT2D eigenvalue weighted by atomic mass is 10.2. The minimum absolute atomic E-state index is 0.106. The Kier molecular flexibility index (Phi) is 5.15. The molecule has 1 fully saturated rings. The Balaban J connectivity index is 1.72. The molecule has 8 heteroatoms. The molecule has 21 heavy (non-hydrogen) atoms. The van der Waals surface area contributed by atoms with Crippen LogP contribution >= 0.6 is 11.3 Å². The Morgan fingerprint density at radius 3 is 2.71 bits per heavy atom. The number of carbonyl (C=O) groups is 3. The molecule has 1 aromatic heterocycles. The number of nitrogens with one attached hydrogen (secondary N) is 3. The smallest absolute Gasteiger partial charge is 0.331 e. The van der Waals surface area contributed by atoms with Crippen LogP contribution in [0.2, 0.25) is 0 Å². The zero-order chi connectivity index (χ0) is 15.2. The topological polar surface area (TPSA) is 108 Å². The van der Waals surface area contributed by atoms with Gasteiger partial charge in [0.15, 0.2) is 6.04 Å². The van der Waals surface area contributed by atoms with E-state index in [0.717, 1.165) is 12.8 Å². The first-order chi connectivity index (χ1) is 10.1. The second-order valence-electron chi connectivity index (χ2n) is 4.78. The zero-order valence-electron chi connectivity index (χ0n) is 11.3. The molecule has 0 spiro atoms. The maximum absolute atomic E-state index is 11.7. The van der Waals surface area contributed by atoms with Crippen molar-refractivity contribution in [3.8, 4) is 0 Å². The standard InChI is InChI=1S/C13H17N3O4S/c17-10(15-8-3-4-8)5-6-14-13(20)16-11(12(18)19)9-2-1-7-21-9/h1-2,7-8,11H,3-6H2,(H,15,17)(H,18,19)(H2,14,16,20). The highest BCUT2D eigenvalue weighted by molar-refractivity contribution is 7.10. The SMILES string of the molecule is O=C(CCNC(=O)NC(C(=O)O)c1cccs1)NC1CC1. The van der Waals surface area contributed by atoms with E-state index in [1.54, 1.807) is 17.5 Å². The Morgan fingerprint density at radius 1 is 1.38 bits per heavy atom. The van der Waals surface area contributed by atoms with Crippen LogP contribution in [0.25, 0.3) is 0 Å². The zero-order valence-corrected chi connectivity index (χ0v) is 12.1. The van der Waals surface area contributed by atoms with Crippen LogP contribution in [0.15, 0.2) is 17.5 Å². The number of urea groups is 1. The molecule has 0 aromatic carbocycles. The van der Waals surface area contributed by atoms with Crippen molar-refractivity contribution < 1.29 is 19.5 Å². The molecule has 1 saturated carbocycles. The predicted octanol–water partition coefficient (Wildman–Crippen LogP) is 0.842. The third-order valence-corrected chi connectivity index (χ3v) is 3.87. The van der Waals surface area contributed by atoms with Crippen LogP contribution in [0.1, 0.15) is 30.2 Å². The van der Waals surface area contributed by atoms with Gasteiger partial charge in [0.25, 0.3) is 0 Å². The summed E-state index contributed by atoms with van der Waals surface area (Å²) in [4.78, 5) is 34.8. The second-order valence-corrected chi connectivity index (χ2v) is 5.76. The van der Waals surface area contributed by atoms with Crippen LogP contribution in [0, 0.1) is 0 Å². The number of hydrogen-bond acceptors (Lipinski definition) is 4. The van der Waals surface area contributed by atoms with Crippen LogP contribution in [0.5, 0.6) is 0 Å². The van der Waals surface area contributed by atoms with E-state index in [4.69, 9.17) is 5.11 Å². The Bertz CT molecular complexity index is 513. The molecule has 7 nitrogen and oxygen atoms in total. The van der Waals surface area contributed by atoms with Gasteiger partial charge in [-0.15, -0.1) is 11.3 Å². The van der Waals surface area contributed by atoms with Crippen molar-refractivity contribution in [2.24, 2.45) is 0 Å². The second kappa shape index (κ2) is 7.07. The third kappa shape index (κ3) is 5.07. The summed E-state index contributed by atoms with van der Waals surface area (Å²) in [6, 6.07) is 1.98. The van der Waals surface area contributed by atoms with Crippen molar-refractivity contribution >= 4 is 29.2 Å². The number of thiophene rings is 1. The molecule has 114 valence electrons. The van der Waals surface area contributed by atoms with Crippen molar-refractivity contribution in [3.05, 3.63) is 22.4 Å². The number of carboxylic acid groups (broad SMARTS) is 1. The average Bonchev–Trinajstić information content (AvgIpc) is 3.06. The Hall–Kier alpha value is -2.09. The number of rotatable bonds is 7. The molecule has 2 rings (SSSR count). The van der Waals surface area contributed by atoms with Crippen molar-refractivity contribution in [1.82, 2.24) is 16.0 Å². The van der Waals surface area contributed by atoms with Gasteiger partial charge in [-0.2, -0.15) is 0 Å². The van der Waals surface area contributed by atoms with E-state index in [9.17, 15) is 14.4 Å². The van der Waals surface area contributed by atoms with Gasteiger partial charge in [-0.25, -0.2) is 9.59 Å². The quantitative estimate of drug-likeness (QED) is 0.598. The van der Waals surface area contributed by atoms with Crippen LogP contribution in [0.4, 0.5) is 4.79 Å². The van der Waals surface area contributed by atoms with Gasteiger partial charge in [0.05, 0.1) is 0 Å². The molecule has 1 heterocycles. The van der Waals surface area contributed by atoms with E-state index < -0.39 is 18.0 Å². The van der Waals surface area contributed by atoms with Gasteiger partial charge in [0.2, 0.25) is 5.91 Å². The van der Waals surface area contributed by atoms with Gasteiger partial charge >= 0.3 is 12.0 Å². The Labute approximate surface area is 125 Å². The molecule has 0 radical (unpaired) electrons. The predicted molar refractivity (Wildman–Crippen MR) is 77.0 cm³/mol. The maximum Gasteiger partial charge on any atom is 0.331 e. The average molecular weight is 311 g/mol. The first-order valence-electron chi connectivity index (χ1n) is 6.66. The summed E-state index contributed by atoms with van der Waals surface area (Å²) >= 11 is 1.26. The molecule has 1 unspecified atom stereocenters. The maximum atomic E-state index is 11.7. The minimum atomic E-state index is -1.13. The minimum Gasteiger partial charge on any atom is -0.479 e. The monoisotopic (exact) mass is 311 g/mol. The van der Waals surface area contributed by atoms with Crippen LogP contribution in [-0.2, 0) is 9.59 Å². The van der Waals surface area contributed by atoms with Gasteiger partial charge < -0.3 is 21.1 Å². The van der Waals surface area contributed by atoms with Gasteiger partial charge in [-0.1, -0.05) is 6.07 Å². The number of aliphatic carboxylic acids is 1. The van der Waals surface area contributed by atoms with Gasteiger partial charge in [-0.05, 0) is 24.3 Å². The van der Waals surface area contributed by atoms with E-state index in [1.807, 2.05) is 0 Å². The Morgan fingerprint density at radius 2 is 2.14 bits per heavy atom. The molecule has 1 aromatic rings. The normalized spacial score (nSPS) is 15.0. The summed E-state index contributed by atoms with van der Waals surface area (Å²) < 4.78 is 0. The molecule has 3 amide bonds. The lowest BCUT2D eigenvalue weighted by Gasteiger charge is -2.13. The largest absolute Gasteiger partial charge is 0.479 e. The molecule has 1 atom stereocenters. The molecule has 0 aliphatic heterocycles. The third-order valence-electron chi connectivity index (χ3n) is 2.93. The molecule has 1 aliphatic carbocycles. The fourth-order valence-corrected chi connectivity index (χ4v) is 2.48. The van der Waals surface area contributed by atoms with E-state index in [1.165, 1.54) is 11.3 Å². The van der Waals surface area contributed by atoms with E-state index in [-0.39, 0.29) is 18.9 Å². The number of carbonyl (C=O) groups excluding carboxylic acids is 2. The molecule has 0 bridgehead atoms. The number of carboxylic acids is 1. The van der Waals surface area contributed by atoms with Crippen LogP contribution < -0.4 is 16.0 Å². The highest BCUT2D eigenvalue weighted by Gasteiger charge is 2.24. The van der Waals surface area contributed by atoms with E-state index in [0.29, 0.717) is 10.9 Å². The summed E-state index contributed by atoms with van der Waals surface area (Å²) in [5.41, 5.74) is 0. The molecule has 4 N–H and O–H groups in total. The van der Waals surface area contributed by atoms with E-state index >= 15 is 0 Å². The summed E-state index contributed by atoms with van der Waals surface area (Å²) in [5.74, 6) is -1.23. The summed E-state index contributed by atoms with van der Waals surface area (Å²) in [5, 5.41) is 18.5. The molecule has 0 saturated heterocycles. The first kappa shape index (κ1) is 15.3. The van der Waals surface area contributed by atoms with Crippen molar-refractivity contribution in [1.29, 1.82) is 0 Å². The molecule has 1 aliphatic rings.